The van der Waals surface area contributed by atoms with Crippen molar-refractivity contribution in [3.63, 3.8) is 0 Å². The number of nitrogens with zero attached hydrogens (tertiary/aromatic N) is 4. The van der Waals surface area contributed by atoms with Crippen LogP contribution in [0.2, 0.25) is 5.02 Å². The molecular weight excluding hydrogens is 398 g/mol. The summed E-state index contributed by atoms with van der Waals surface area (Å²) < 4.78 is 5.25. The fraction of sp³-hybridized carbons (Fsp3) is 0.217. The largest absolute Gasteiger partial charge is 0.377 e. The maximum absolute atomic E-state index is 6.31. The van der Waals surface area contributed by atoms with Crippen LogP contribution in [0.15, 0.2) is 54.9 Å². The van der Waals surface area contributed by atoms with Crippen molar-refractivity contribution in [1.29, 1.82) is 0 Å². The Morgan fingerprint density at radius 2 is 1.87 bits per heavy atom. The van der Waals surface area contributed by atoms with Crippen LogP contribution in [-0.2, 0) is 11.3 Å². The van der Waals surface area contributed by atoms with E-state index in [4.69, 9.17) is 16.3 Å². The minimum absolute atomic E-state index is 0.297. The van der Waals surface area contributed by atoms with Gasteiger partial charge in [0.2, 0.25) is 0 Å². The number of fused-ring (bicyclic) bond motifs is 1. The summed E-state index contributed by atoms with van der Waals surface area (Å²) in [5.74, 6) is 1.67. The van der Waals surface area contributed by atoms with E-state index in [2.05, 4.69) is 51.2 Å². The van der Waals surface area contributed by atoms with E-state index >= 15 is 0 Å². The third kappa shape index (κ3) is 4.25. The number of methoxy groups -OCH3 is 1. The molecule has 3 heterocycles. The number of hydrogen-bond donors (Lipinski definition) is 1. The first kappa shape index (κ1) is 20.2. The number of halogens is 1. The molecule has 0 radical (unpaired) electrons. The minimum atomic E-state index is 0.297. The van der Waals surface area contributed by atoms with Crippen LogP contribution in [0.1, 0.15) is 31.2 Å². The zero-order chi connectivity index (χ0) is 21.1. The Kier molecular flexibility index (Phi) is 5.88. The second kappa shape index (κ2) is 8.73. The van der Waals surface area contributed by atoms with E-state index in [1.165, 1.54) is 5.56 Å². The molecule has 0 saturated carbocycles. The van der Waals surface area contributed by atoms with Crippen molar-refractivity contribution in [2.45, 2.75) is 26.4 Å². The highest BCUT2D eigenvalue weighted by Crippen LogP contribution is 2.29. The van der Waals surface area contributed by atoms with Crippen molar-refractivity contribution in [3.05, 3.63) is 71.3 Å². The summed E-state index contributed by atoms with van der Waals surface area (Å²) in [6.45, 7) is 4.64. The van der Waals surface area contributed by atoms with Gasteiger partial charge < -0.3 is 10.1 Å². The lowest BCUT2D eigenvalue weighted by molar-refractivity contribution is 0.178. The van der Waals surface area contributed by atoms with Crippen molar-refractivity contribution >= 4 is 34.1 Å². The molecule has 1 aromatic carbocycles. The van der Waals surface area contributed by atoms with E-state index < -0.39 is 0 Å². The normalized spacial score (nSPS) is 11.2. The summed E-state index contributed by atoms with van der Waals surface area (Å²) in [6, 6.07) is 13.8. The zero-order valence-corrected chi connectivity index (χ0v) is 17.8. The predicted molar refractivity (Wildman–Crippen MR) is 120 cm³/mol. The fourth-order valence-electron chi connectivity index (χ4n) is 3.16. The molecule has 6 nitrogen and oxygen atoms in total. The summed E-state index contributed by atoms with van der Waals surface area (Å²) in [7, 11) is 1.62. The van der Waals surface area contributed by atoms with Crippen LogP contribution < -0.4 is 5.32 Å². The van der Waals surface area contributed by atoms with Gasteiger partial charge in [0.25, 0.3) is 0 Å². The van der Waals surface area contributed by atoms with Gasteiger partial charge in [0.05, 0.1) is 16.2 Å². The maximum atomic E-state index is 6.31. The van der Waals surface area contributed by atoms with Gasteiger partial charge in [-0.3, -0.25) is 4.98 Å². The molecule has 0 unspecified atom stereocenters. The maximum Gasteiger partial charge on any atom is 0.160 e. The molecule has 0 saturated heterocycles. The van der Waals surface area contributed by atoms with Gasteiger partial charge in [0.15, 0.2) is 11.6 Å². The van der Waals surface area contributed by atoms with Gasteiger partial charge in [-0.2, -0.15) is 0 Å². The van der Waals surface area contributed by atoms with Crippen LogP contribution in [0.3, 0.4) is 0 Å². The average Bonchev–Trinajstić information content (AvgIpc) is 2.74. The Hall–Kier alpha value is -3.09. The Bertz CT molecular complexity index is 1180. The van der Waals surface area contributed by atoms with Crippen LogP contribution in [0.5, 0.6) is 0 Å². The number of anilines is 2. The zero-order valence-electron chi connectivity index (χ0n) is 17.1. The SMILES string of the molecule is COCc1nc(Nc2ccc(C(C)C)cc2)c2ncc(-c3ncccc3Cl)cc2n1. The van der Waals surface area contributed by atoms with E-state index in [1.54, 1.807) is 31.6 Å². The van der Waals surface area contributed by atoms with Gasteiger partial charge in [-0.05, 0) is 41.8 Å². The summed E-state index contributed by atoms with van der Waals surface area (Å²) in [4.78, 5) is 18.2. The monoisotopic (exact) mass is 419 g/mol. The molecule has 4 rings (SSSR count). The molecule has 0 spiro atoms. The van der Waals surface area contributed by atoms with Crippen LogP contribution >= 0.6 is 11.6 Å². The number of nitrogens with one attached hydrogen (secondary N) is 1. The molecule has 3 aromatic heterocycles. The number of rotatable bonds is 6. The van der Waals surface area contributed by atoms with Gasteiger partial charge in [0, 0.05) is 30.8 Å². The second-order valence-corrected chi connectivity index (χ2v) is 7.66. The molecule has 1 N–H and O–H groups in total. The molecule has 0 aliphatic rings. The van der Waals surface area contributed by atoms with Crippen molar-refractivity contribution in [2.75, 3.05) is 12.4 Å². The van der Waals surface area contributed by atoms with Gasteiger partial charge >= 0.3 is 0 Å². The molecule has 0 aliphatic carbocycles. The van der Waals surface area contributed by atoms with Gasteiger partial charge in [-0.25, -0.2) is 15.0 Å². The third-order valence-electron chi connectivity index (χ3n) is 4.73. The van der Waals surface area contributed by atoms with E-state index in [0.717, 1.165) is 11.3 Å². The molecule has 0 aliphatic heterocycles. The standard InChI is InChI=1S/C23H22ClN5O/c1-14(2)15-6-8-17(9-7-15)27-23-22-19(28-20(29-23)13-30-3)11-16(12-26-22)21-18(24)5-4-10-25-21/h4-12,14H,13H2,1-3H3,(H,27,28,29). The Balaban J connectivity index is 1.77. The number of benzene rings is 1. The predicted octanol–water partition coefficient (Wildman–Crippen LogP) is 5.75. The first-order valence-electron chi connectivity index (χ1n) is 9.68. The lowest BCUT2D eigenvalue weighted by Gasteiger charge is -2.12. The Labute approximate surface area is 180 Å². The summed E-state index contributed by atoms with van der Waals surface area (Å²) >= 11 is 6.31. The van der Waals surface area contributed by atoms with Gasteiger partial charge in [0.1, 0.15) is 12.1 Å². The Morgan fingerprint density at radius 1 is 1.07 bits per heavy atom. The van der Waals surface area contributed by atoms with Crippen molar-refractivity contribution in [2.24, 2.45) is 0 Å². The first-order valence-corrected chi connectivity index (χ1v) is 10.1. The van der Waals surface area contributed by atoms with E-state index in [1.807, 2.05) is 18.2 Å². The van der Waals surface area contributed by atoms with Crippen molar-refractivity contribution in [1.82, 2.24) is 19.9 Å². The third-order valence-corrected chi connectivity index (χ3v) is 5.03. The lowest BCUT2D eigenvalue weighted by Crippen LogP contribution is -2.04. The van der Waals surface area contributed by atoms with Crippen molar-refractivity contribution < 1.29 is 4.74 Å². The van der Waals surface area contributed by atoms with E-state index in [0.29, 0.717) is 45.9 Å². The number of aromatic nitrogens is 4. The van der Waals surface area contributed by atoms with Crippen LogP contribution in [0, 0.1) is 0 Å². The highest BCUT2D eigenvalue weighted by molar-refractivity contribution is 6.33. The fourth-order valence-corrected chi connectivity index (χ4v) is 3.39. The molecule has 4 aromatic rings. The number of ether oxygens (including phenoxy) is 1. The van der Waals surface area contributed by atoms with Crippen LogP contribution in [-0.4, -0.2) is 27.0 Å². The summed E-state index contributed by atoms with van der Waals surface area (Å²) in [5, 5.41) is 3.93. The van der Waals surface area contributed by atoms with Crippen LogP contribution in [0.25, 0.3) is 22.3 Å². The number of pyridine rings is 2. The highest BCUT2D eigenvalue weighted by Gasteiger charge is 2.13. The van der Waals surface area contributed by atoms with Gasteiger partial charge in [-0.15, -0.1) is 0 Å². The van der Waals surface area contributed by atoms with Crippen LogP contribution in [0.4, 0.5) is 11.5 Å². The smallest absolute Gasteiger partial charge is 0.160 e. The van der Waals surface area contributed by atoms with Gasteiger partial charge in [-0.1, -0.05) is 37.6 Å². The van der Waals surface area contributed by atoms with E-state index in [9.17, 15) is 0 Å². The lowest BCUT2D eigenvalue weighted by atomic mass is 10.0. The molecule has 152 valence electrons. The Morgan fingerprint density at radius 3 is 2.57 bits per heavy atom. The molecular formula is C23H22ClN5O. The first-order chi connectivity index (χ1) is 14.5. The average molecular weight is 420 g/mol. The minimum Gasteiger partial charge on any atom is -0.377 e. The quantitative estimate of drug-likeness (QED) is 0.428. The molecule has 7 heteroatoms. The molecule has 0 atom stereocenters. The molecule has 30 heavy (non-hydrogen) atoms. The van der Waals surface area contributed by atoms with Crippen molar-refractivity contribution in [3.8, 4) is 11.3 Å². The second-order valence-electron chi connectivity index (χ2n) is 7.25. The molecule has 0 amide bonds. The van der Waals surface area contributed by atoms with E-state index in [-0.39, 0.29) is 0 Å². The topological polar surface area (TPSA) is 72.8 Å². The summed E-state index contributed by atoms with van der Waals surface area (Å²) in [6.07, 6.45) is 3.44. The molecule has 0 fully saturated rings. The molecule has 0 bridgehead atoms. The highest BCUT2D eigenvalue weighted by atomic mass is 35.5. The number of hydrogen-bond acceptors (Lipinski definition) is 6. The summed E-state index contributed by atoms with van der Waals surface area (Å²) in [5.41, 5.74) is 5.03.